The third-order valence-corrected chi connectivity index (χ3v) is 2.29. The Labute approximate surface area is 91.5 Å². The highest BCUT2D eigenvalue weighted by Gasteiger charge is 2.21. The Morgan fingerprint density at radius 2 is 2.33 bits per heavy atom. The van der Waals surface area contributed by atoms with Crippen LogP contribution < -0.4 is 4.74 Å². The summed E-state index contributed by atoms with van der Waals surface area (Å²) in [5, 5.41) is 0.429. The molecule has 1 aromatic carbocycles. The number of halogens is 1. The van der Waals surface area contributed by atoms with Crippen LogP contribution >= 0.6 is 11.6 Å². The maximum absolute atomic E-state index is 10.0. The van der Waals surface area contributed by atoms with Crippen molar-refractivity contribution in [3.8, 4) is 5.75 Å². The molecule has 1 saturated heterocycles. The molecule has 0 unspecified atom stereocenters. The van der Waals surface area contributed by atoms with E-state index in [4.69, 9.17) is 21.1 Å². The van der Waals surface area contributed by atoms with Gasteiger partial charge in [0.25, 0.3) is 0 Å². The number of ether oxygens (including phenoxy) is 2. The number of hydrogen-bond donors (Lipinski definition) is 0. The van der Waals surface area contributed by atoms with Crippen LogP contribution in [0.25, 0.3) is 0 Å². The minimum absolute atomic E-state index is 0.0722. The van der Waals surface area contributed by atoms with E-state index in [0.29, 0.717) is 29.7 Å². The quantitative estimate of drug-likeness (QED) is 0.585. The van der Waals surface area contributed by atoms with E-state index in [1.807, 2.05) is 0 Å². The molecule has 1 aliphatic heterocycles. The average molecular weight is 226 g/mol. The lowest BCUT2D eigenvalue weighted by atomic mass is 10.3. The molecule has 1 aliphatic rings. The lowest BCUT2D eigenvalue weighted by Gasteiger charge is -2.27. The summed E-state index contributed by atoms with van der Waals surface area (Å²) in [6, 6.07) is 4.88. The second kappa shape index (κ2) is 4.45. The molecular weight excluding hydrogens is 218 g/mol. The summed E-state index contributed by atoms with van der Waals surface area (Å²) >= 11 is 5.93. The normalized spacial score (nSPS) is 15.3. The molecule has 0 spiro atoms. The van der Waals surface area contributed by atoms with E-state index in [1.54, 1.807) is 18.2 Å². The first kappa shape index (κ1) is 10.2. The Hall–Kier alpha value is -1.35. The van der Waals surface area contributed by atoms with Crippen molar-refractivity contribution < 1.29 is 14.3 Å². The molecule has 4 nitrogen and oxygen atoms in total. The maximum atomic E-state index is 10.0. The molecule has 0 radical (unpaired) electrons. The van der Waals surface area contributed by atoms with Gasteiger partial charge in [-0.05, 0) is 18.2 Å². The summed E-state index contributed by atoms with van der Waals surface area (Å²) in [5.74, 6) is 0.579. The van der Waals surface area contributed by atoms with Gasteiger partial charge in [-0.25, -0.2) is 4.79 Å². The van der Waals surface area contributed by atoms with E-state index in [0.717, 1.165) is 0 Å². The third kappa shape index (κ3) is 2.36. The highest BCUT2D eigenvalue weighted by molar-refractivity contribution is 6.32. The monoisotopic (exact) mass is 225 g/mol. The second-order valence-corrected chi connectivity index (χ2v) is 3.50. The van der Waals surface area contributed by atoms with E-state index < -0.39 is 0 Å². The van der Waals surface area contributed by atoms with Crippen LogP contribution in [-0.2, 0) is 9.53 Å². The summed E-state index contributed by atoms with van der Waals surface area (Å²) in [6.45, 7) is 1.18. The van der Waals surface area contributed by atoms with Gasteiger partial charge in [0.2, 0.25) is 6.08 Å². The van der Waals surface area contributed by atoms with Crippen molar-refractivity contribution in [2.75, 3.05) is 13.2 Å². The van der Waals surface area contributed by atoms with E-state index >= 15 is 0 Å². The summed E-state index contributed by atoms with van der Waals surface area (Å²) in [5.41, 5.74) is 0.465. The average Bonchev–Trinajstić information content (AvgIpc) is 2.14. The SMILES string of the molecule is O=C=Nc1ccc(OC2COC2)c(Cl)c1. The van der Waals surface area contributed by atoms with Crippen LogP contribution in [0.4, 0.5) is 5.69 Å². The number of isocyanates is 1. The Morgan fingerprint density at radius 1 is 1.53 bits per heavy atom. The Balaban J connectivity index is 2.14. The Morgan fingerprint density at radius 3 is 2.87 bits per heavy atom. The zero-order chi connectivity index (χ0) is 10.7. The van der Waals surface area contributed by atoms with Gasteiger partial charge in [-0.2, -0.15) is 4.99 Å². The minimum Gasteiger partial charge on any atom is -0.484 e. The highest BCUT2D eigenvalue weighted by atomic mass is 35.5. The molecule has 0 saturated carbocycles. The third-order valence-electron chi connectivity index (χ3n) is 1.99. The fourth-order valence-electron chi connectivity index (χ4n) is 1.17. The zero-order valence-corrected chi connectivity index (χ0v) is 8.53. The number of rotatable bonds is 3. The molecule has 0 N–H and O–H groups in total. The van der Waals surface area contributed by atoms with Crippen LogP contribution in [0.15, 0.2) is 23.2 Å². The van der Waals surface area contributed by atoms with Gasteiger partial charge in [0.1, 0.15) is 11.9 Å². The Bertz CT molecular complexity index is 411. The topological polar surface area (TPSA) is 47.9 Å². The van der Waals surface area contributed by atoms with Gasteiger partial charge in [0.15, 0.2) is 0 Å². The molecule has 0 aromatic heterocycles. The molecule has 1 heterocycles. The van der Waals surface area contributed by atoms with Crippen molar-refractivity contribution in [1.29, 1.82) is 0 Å². The first-order valence-corrected chi connectivity index (χ1v) is 4.79. The molecule has 1 fully saturated rings. The summed E-state index contributed by atoms with van der Waals surface area (Å²) in [7, 11) is 0. The van der Waals surface area contributed by atoms with Crippen molar-refractivity contribution >= 4 is 23.4 Å². The minimum atomic E-state index is 0.0722. The zero-order valence-electron chi connectivity index (χ0n) is 7.77. The Kier molecular flexibility index (Phi) is 3.02. The van der Waals surface area contributed by atoms with Crippen LogP contribution in [0.1, 0.15) is 0 Å². The standard InChI is InChI=1S/C10H8ClNO3/c11-9-3-7(12-6-13)1-2-10(9)15-8-4-14-5-8/h1-3,8H,4-5H2. The first-order valence-electron chi connectivity index (χ1n) is 4.41. The van der Waals surface area contributed by atoms with Crippen LogP contribution in [0, 0.1) is 0 Å². The van der Waals surface area contributed by atoms with Crippen molar-refractivity contribution in [2.45, 2.75) is 6.10 Å². The van der Waals surface area contributed by atoms with Crippen LogP contribution in [0.3, 0.4) is 0 Å². The lowest BCUT2D eigenvalue weighted by Crippen LogP contribution is -2.38. The number of aliphatic imine (C=N–C) groups is 1. The predicted molar refractivity (Wildman–Crippen MR) is 54.5 cm³/mol. The van der Waals surface area contributed by atoms with Crippen molar-refractivity contribution in [3.05, 3.63) is 23.2 Å². The lowest BCUT2D eigenvalue weighted by molar-refractivity contribution is -0.0796. The number of nitrogens with zero attached hydrogens (tertiary/aromatic N) is 1. The molecular formula is C10H8ClNO3. The first-order chi connectivity index (χ1) is 7.29. The summed E-state index contributed by atoms with van der Waals surface area (Å²) in [4.78, 5) is 13.5. The largest absolute Gasteiger partial charge is 0.484 e. The predicted octanol–water partition coefficient (Wildman–Crippen LogP) is 2.08. The van der Waals surface area contributed by atoms with Crippen molar-refractivity contribution in [3.63, 3.8) is 0 Å². The number of hydrogen-bond acceptors (Lipinski definition) is 4. The van der Waals surface area contributed by atoms with Gasteiger partial charge in [-0.15, -0.1) is 0 Å². The maximum Gasteiger partial charge on any atom is 0.240 e. The second-order valence-electron chi connectivity index (χ2n) is 3.10. The molecule has 0 aliphatic carbocycles. The van der Waals surface area contributed by atoms with Gasteiger partial charge in [0, 0.05) is 0 Å². The van der Waals surface area contributed by atoms with E-state index in [2.05, 4.69) is 4.99 Å². The number of benzene rings is 1. The van der Waals surface area contributed by atoms with Crippen LogP contribution in [0.2, 0.25) is 5.02 Å². The van der Waals surface area contributed by atoms with Gasteiger partial charge in [-0.1, -0.05) is 11.6 Å². The van der Waals surface area contributed by atoms with Gasteiger partial charge >= 0.3 is 0 Å². The van der Waals surface area contributed by atoms with Crippen LogP contribution in [-0.4, -0.2) is 25.4 Å². The molecule has 0 amide bonds. The smallest absolute Gasteiger partial charge is 0.240 e. The summed E-state index contributed by atoms with van der Waals surface area (Å²) in [6.07, 6.45) is 1.52. The van der Waals surface area contributed by atoms with Crippen molar-refractivity contribution in [1.82, 2.24) is 0 Å². The van der Waals surface area contributed by atoms with Crippen molar-refractivity contribution in [2.24, 2.45) is 4.99 Å². The molecule has 5 heteroatoms. The van der Waals surface area contributed by atoms with E-state index in [1.165, 1.54) is 6.08 Å². The molecule has 78 valence electrons. The molecule has 2 rings (SSSR count). The summed E-state index contributed by atoms with van der Waals surface area (Å²) < 4.78 is 10.5. The van der Waals surface area contributed by atoms with Gasteiger partial charge < -0.3 is 9.47 Å². The fourth-order valence-corrected chi connectivity index (χ4v) is 1.39. The van der Waals surface area contributed by atoms with Gasteiger partial charge in [0.05, 0.1) is 23.9 Å². The van der Waals surface area contributed by atoms with E-state index in [-0.39, 0.29) is 6.10 Å². The molecule has 0 bridgehead atoms. The fraction of sp³-hybridized carbons (Fsp3) is 0.300. The van der Waals surface area contributed by atoms with E-state index in [9.17, 15) is 4.79 Å². The number of carbonyl (C=O) groups excluding carboxylic acids is 1. The van der Waals surface area contributed by atoms with Gasteiger partial charge in [-0.3, -0.25) is 0 Å². The molecule has 0 atom stereocenters. The van der Waals surface area contributed by atoms with Crippen LogP contribution in [0.5, 0.6) is 5.75 Å². The molecule has 1 aromatic rings. The highest BCUT2D eigenvalue weighted by Crippen LogP contribution is 2.30. The molecule has 15 heavy (non-hydrogen) atoms.